The highest BCUT2D eigenvalue weighted by molar-refractivity contribution is 7.92. The van der Waals surface area contributed by atoms with Crippen molar-refractivity contribution in [3.63, 3.8) is 0 Å². The summed E-state index contributed by atoms with van der Waals surface area (Å²) in [7, 11) is -3.83. The zero-order chi connectivity index (χ0) is 15.2. The smallest absolute Gasteiger partial charge is 0.239 e. The molecule has 0 aliphatic rings. The summed E-state index contributed by atoms with van der Waals surface area (Å²) in [5.41, 5.74) is 0. The van der Waals surface area contributed by atoms with Gasteiger partial charge in [0.2, 0.25) is 5.91 Å². The molecular formula is C12H10ClN3O3S. The third-order valence-corrected chi connectivity index (χ3v) is 4.23. The Morgan fingerprint density at radius 1 is 1.15 bits per heavy atom. The van der Waals surface area contributed by atoms with Crippen molar-refractivity contribution in [1.82, 2.24) is 4.90 Å². The topological polar surface area (TPSA) is 102 Å². The third-order valence-electron chi connectivity index (χ3n) is 2.36. The molecule has 0 unspecified atom stereocenters. The second kappa shape index (κ2) is 6.90. The normalized spacial score (nSPS) is 10.3. The highest BCUT2D eigenvalue weighted by atomic mass is 35.5. The van der Waals surface area contributed by atoms with E-state index in [9.17, 15) is 13.2 Å². The fourth-order valence-electron chi connectivity index (χ4n) is 1.38. The van der Waals surface area contributed by atoms with Crippen LogP contribution in [0.2, 0.25) is 5.02 Å². The van der Waals surface area contributed by atoms with Crippen molar-refractivity contribution in [1.29, 1.82) is 10.5 Å². The predicted octanol–water partition coefficient (Wildman–Crippen LogP) is 0.989. The summed E-state index contributed by atoms with van der Waals surface area (Å²) in [4.78, 5) is 12.6. The van der Waals surface area contributed by atoms with Crippen LogP contribution >= 0.6 is 11.6 Å². The number of hydrogen-bond donors (Lipinski definition) is 0. The monoisotopic (exact) mass is 311 g/mol. The van der Waals surface area contributed by atoms with Crippen molar-refractivity contribution in [3.8, 4) is 12.1 Å². The second-order valence-electron chi connectivity index (χ2n) is 3.78. The van der Waals surface area contributed by atoms with Gasteiger partial charge in [-0.1, -0.05) is 11.6 Å². The summed E-state index contributed by atoms with van der Waals surface area (Å²) in [5.74, 6) is -1.58. The van der Waals surface area contributed by atoms with Crippen molar-refractivity contribution in [2.24, 2.45) is 0 Å². The molecule has 0 bridgehead atoms. The standard InChI is InChI=1S/C12H10ClN3O3S/c13-10-1-3-11(4-2-10)20(18,19)9-12(17)16(7-5-14)8-6-15/h1-4H,7-9H2. The number of rotatable bonds is 5. The first-order valence-electron chi connectivity index (χ1n) is 5.40. The van der Waals surface area contributed by atoms with Gasteiger partial charge in [0.25, 0.3) is 0 Å². The molecule has 0 saturated heterocycles. The minimum Gasteiger partial charge on any atom is -0.315 e. The number of halogens is 1. The Balaban J connectivity index is 2.90. The molecule has 0 atom stereocenters. The van der Waals surface area contributed by atoms with Gasteiger partial charge in [-0.05, 0) is 24.3 Å². The van der Waals surface area contributed by atoms with E-state index in [-0.39, 0.29) is 18.0 Å². The van der Waals surface area contributed by atoms with E-state index < -0.39 is 21.5 Å². The Bertz CT molecular complexity index is 655. The maximum absolute atomic E-state index is 12.0. The summed E-state index contributed by atoms with van der Waals surface area (Å²) in [5, 5.41) is 17.5. The van der Waals surface area contributed by atoms with E-state index in [4.69, 9.17) is 22.1 Å². The van der Waals surface area contributed by atoms with Gasteiger partial charge in [-0.3, -0.25) is 4.79 Å². The molecule has 0 aliphatic heterocycles. The van der Waals surface area contributed by atoms with Gasteiger partial charge in [-0.15, -0.1) is 0 Å². The average Bonchev–Trinajstić information content (AvgIpc) is 2.38. The molecule has 1 rings (SSSR count). The fourth-order valence-corrected chi connectivity index (χ4v) is 2.73. The van der Waals surface area contributed by atoms with E-state index in [2.05, 4.69) is 0 Å². The summed E-state index contributed by atoms with van der Waals surface area (Å²) in [6.07, 6.45) is 0. The zero-order valence-electron chi connectivity index (χ0n) is 10.3. The summed E-state index contributed by atoms with van der Waals surface area (Å²) >= 11 is 5.66. The molecule has 20 heavy (non-hydrogen) atoms. The molecule has 6 nitrogen and oxygen atoms in total. The molecule has 0 radical (unpaired) electrons. The van der Waals surface area contributed by atoms with Crippen LogP contribution in [0.5, 0.6) is 0 Å². The van der Waals surface area contributed by atoms with Crippen LogP contribution < -0.4 is 0 Å². The maximum atomic E-state index is 12.0. The number of nitriles is 2. The molecule has 104 valence electrons. The summed E-state index contributed by atoms with van der Waals surface area (Å²) in [6.45, 7) is -0.662. The highest BCUT2D eigenvalue weighted by Gasteiger charge is 2.23. The molecule has 0 heterocycles. The van der Waals surface area contributed by atoms with Crippen molar-refractivity contribution < 1.29 is 13.2 Å². The largest absolute Gasteiger partial charge is 0.315 e. The van der Waals surface area contributed by atoms with Crippen LogP contribution in [0.3, 0.4) is 0 Å². The maximum Gasteiger partial charge on any atom is 0.239 e. The van der Waals surface area contributed by atoms with Crippen LogP contribution in [0.25, 0.3) is 0 Å². The number of benzene rings is 1. The van der Waals surface area contributed by atoms with Crippen LogP contribution in [0.15, 0.2) is 29.2 Å². The van der Waals surface area contributed by atoms with Crippen LogP contribution in [-0.2, 0) is 14.6 Å². The lowest BCUT2D eigenvalue weighted by Gasteiger charge is -2.15. The zero-order valence-corrected chi connectivity index (χ0v) is 11.9. The van der Waals surface area contributed by atoms with E-state index in [1.165, 1.54) is 24.3 Å². The Kier molecular flexibility index (Phi) is 5.51. The SMILES string of the molecule is N#CCN(CC#N)C(=O)CS(=O)(=O)c1ccc(Cl)cc1. The first-order chi connectivity index (χ1) is 9.40. The van der Waals surface area contributed by atoms with Gasteiger partial charge in [0.1, 0.15) is 18.8 Å². The molecule has 0 aromatic heterocycles. The third kappa shape index (κ3) is 4.23. The van der Waals surface area contributed by atoms with E-state index in [1.807, 2.05) is 0 Å². The Morgan fingerprint density at radius 2 is 1.65 bits per heavy atom. The quantitative estimate of drug-likeness (QED) is 0.754. The van der Waals surface area contributed by atoms with Crippen LogP contribution in [0, 0.1) is 22.7 Å². The summed E-state index contributed by atoms with van der Waals surface area (Å²) < 4.78 is 24.0. The van der Waals surface area contributed by atoms with Crippen LogP contribution in [0.4, 0.5) is 0 Å². The van der Waals surface area contributed by atoms with Gasteiger partial charge in [0.05, 0.1) is 17.0 Å². The number of sulfone groups is 1. The van der Waals surface area contributed by atoms with Crippen molar-refractivity contribution in [2.45, 2.75) is 4.90 Å². The van der Waals surface area contributed by atoms with Gasteiger partial charge in [0.15, 0.2) is 9.84 Å². The lowest BCUT2D eigenvalue weighted by molar-refractivity contribution is -0.127. The van der Waals surface area contributed by atoms with Gasteiger partial charge in [-0.2, -0.15) is 10.5 Å². The van der Waals surface area contributed by atoms with Crippen molar-refractivity contribution >= 4 is 27.3 Å². The minimum atomic E-state index is -3.83. The molecule has 0 saturated carbocycles. The fraction of sp³-hybridized carbons (Fsp3) is 0.250. The first kappa shape index (κ1) is 16.0. The lowest BCUT2D eigenvalue weighted by Crippen LogP contribution is -2.36. The molecule has 0 N–H and O–H groups in total. The van der Waals surface area contributed by atoms with E-state index in [0.717, 1.165) is 4.90 Å². The minimum absolute atomic E-state index is 0.0379. The highest BCUT2D eigenvalue weighted by Crippen LogP contribution is 2.15. The van der Waals surface area contributed by atoms with Crippen molar-refractivity contribution in [2.75, 3.05) is 18.8 Å². The molecule has 0 spiro atoms. The Morgan fingerprint density at radius 3 is 2.10 bits per heavy atom. The Labute approximate surface area is 121 Å². The average molecular weight is 312 g/mol. The predicted molar refractivity (Wildman–Crippen MR) is 71.3 cm³/mol. The van der Waals surface area contributed by atoms with Gasteiger partial charge in [0, 0.05) is 5.02 Å². The molecule has 8 heteroatoms. The first-order valence-corrected chi connectivity index (χ1v) is 7.43. The number of nitrogens with zero attached hydrogens (tertiary/aromatic N) is 3. The van der Waals surface area contributed by atoms with Crippen LogP contribution in [0.1, 0.15) is 0 Å². The lowest BCUT2D eigenvalue weighted by atomic mass is 10.4. The van der Waals surface area contributed by atoms with E-state index >= 15 is 0 Å². The Hall–Kier alpha value is -2.09. The molecule has 1 aromatic rings. The van der Waals surface area contributed by atoms with E-state index in [0.29, 0.717) is 5.02 Å². The van der Waals surface area contributed by atoms with Gasteiger partial charge >= 0.3 is 0 Å². The number of carbonyl (C=O) groups excluding carboxylic acids is 1. The second-order valence-corrected chi connectivity index (χ2v) is 6.21. The molecule has 1 amide bonds. The van der Waals surface area contributed by atoms with Crippen LogP contribution in [-0.4, -0.2) is 38.1 Å². The summed E-state index contributed by atoms with van der Waals surface area (Å²) in [6, 6.07) is 8.82. The molecular weight excluding hydrogens is 302 g/mol. The molecule has 0 aliphatic carbocycles. The number of amides is 1. The van der Waals surface area contributed by atoms with E-state index in [1.54, 1.807) is 12.1 Å². The van der Waals surface area contributed by atoms with Gasteiger partial charge < -0.3 is 4.90 Å². The number of hydrogen-bond acceptors (Lipinski definition) is 5. The van der Waals surface area contributed by atoms with Gasteiger partial charge in [-0.25, -0.2) is 8.42 Å². The van der Waals surface area contributed by atoms with Crippen molar-refractivity contribution in [3.05, 3.63) is 29.3 Å². The molecule has 0 fully saturated rings. The number of carbonyl (C=O) groups is 1. The molecule has 1 aromatic carbocycles.